The number of nitrogens with two attached hydrogens (primary N) is 4. The second kappa shape index (κ2) is 36.5. The number of aliphatic hydroxyl groups is 1. The van der Waals surface area contributed by atoms with Gasteiger partial charge in [0.05, 0.1) is 25.3 Å². The average Bonchev–Trinajstić information content (AvgIpc) is 4.17. The molecule has 0 bridgehead atoms. The van der Waals surface area contributed by atoms with E-state index in [2.05, 4.69) is 59.9 Å². The number of thioether (sulfide) groups is 1. The largest absolute Gasteiger partial charge is 0.497 e. The molecular formula is C57H84IN15O13S2. The maximum Gasteiger partial charge on any atom is 0.246 e. The van der Waals surface area contributed by atoms with E-state index in [1.165, 1.54) is 30.7 Å². The summed E-state index contributed by atoms with van der Waals surface area (Å²) in [6.45, 7) is 4.77. The Labute approximate surface area is 534 Å². The Kier molecular flexibility index (Phi) is 30.5. The highest BCUT2D eigenvalue weighted by molar-refractivity contribution is 14.1. The fourth-order valence-corrected chi connectivity index (χ4v) is 12.8. The van der Waals surface area contributed by atoms with Crippen LogP contribution in [0, 0.1) is 9.49 Å². The molecule has 1 heterocycles. The summed E-state index contributed by atoms with van der Waals surface area (Å²) < 4.78 is 5.39. The molecule has 0 unspecified atom stereocenters. The van der Waals surface area contributed by atoms with E-state index < -0.39 is 137 Å². The van der Waals surface area contributed by atoms with Gasteiger partial charge < -0.3 is 74.9 Å². The van der Waals surface area contributed by atoms with E-state index in [9.17, 15) is 57.8 Å². The van der Waals surface area contributed by atoms with Gasteiger partial charge in [0.2, 0.25) is 65.0 Å². The van der Waals surface area contributed by atoms with Crippen molar-refractivity contribution in [2.45, 2.75) is 176 Å². The molecule has 31 heteroatoms. The van der Waals surface area contributed by atoms with Gasteiger partial charge in [-0.2, -0.15) is 24.4 Å². The number of methoxy groups -OCH3 is 1. The van der Waals surface area contributed by atoms with Crippen molar-refractivity contribution in [2.75, 3.05) is 31.7 Å². The number of rotatable bonds is 36. The molecule has 88 heavy (non-hydrogen) atoms. The Morgan fingerprint density at radius 3 is 1.97 bits per heavy atom. The van der Waals surface area contributed by atoms with Gasteiger partial charge in [-0.25, -0.2) is 0 Å². The standard InChI is InChI=1S/C57H84IN15O13S2/c1-5-31(2)47(69-52(81)40(26-33-13-16-35(86-4)17-14-33)64-46(77)29-57(20-7-6-8-21-57)88-24-19-44(60)75)54(83)70-48(32(3)74)55(84)67-41(28-45(61)76)51(80)68-42(30-87)56(85)73-23-10-12-43(73)53(82)65-38(11-9-22-59)50(79)66-39(49(62)78)27-34-15-18-37(71-72-63)36(58)25-34/h13-18,25,31-32,38-43,47-48,74,87H,5-12,19-24,26-30,59H2,1-4H3,(H2,60,75)(H2,61,76)(H2,62,78)(H,64,77)(H,65,82)(H,66,79)(H,67,84)(H,68,80)(H,69,81)(H,70,83)/t31-,32+,38-,39-,40-,41-,42-,43-,47-,48-/m0/s1/i58-2. The minimum atomic E-state index is -1.82. The number of hydrogen-bond donors (Lipinski definition) is 13. The third-order valence-corrected chi connectivity index (χ3v) is 18.2. The quantitative estimate of drug-likeness (QED) is 0.0146. The molecule has 1 saturated heterocycles. The summed E-state index contributed by atoms with van der Waals surface area (Å²) in [5, 5.41) is 32.8. The molecule has 10 atom stereocenters. The van der Waals surface area contributed by atoms with Gasteiger partial charge in [-0.05, 0) is 115 Å². The number of hydrogen-bond acceptors (Lipinski definition) is 17. The van der Waals surface area contributed by atoms with E-state index in [4.69, 9.17) is 33.2 Å². The molecule has 0 aromatic heterocycles. The molecular weight excluding hydrogens is 1290 g/mol. The van der Waals surface area contributed by atoms with Crippen LogP contribution in [0.2, 0.25) is 0 Å². The van der Waals surface area contributed by atoms with Crippen LogP contribution in [0.1, 0.15) is 115 Å². The van der Waals surface area contributed by atoms with Crippen molar-refractivity contribution in [1.29, 1.82) is 0 Å². The highest BCUT2D eigenvalue weighted by atomic mass is 125. The van der Waals surface area contributed by atoms with Gasteiger partial charge in [-0.15, -0.1) is 0 Å². The molecule has 0 radical (unpaired) electrons. The molecule has 484 valence electrons. The van der Waals surface area contributed by atoms with Gasteiger partial charge in [-0.3, -0.25) is 52.7 Å². The molecule has 0 spiro atoms. The number of nitrogens with zero attached hydrogens (tertiary/aromatic N) is 4. The number of azide groups is 1. The normalized spacial score (nSPS) is 17.5. The summed E-state index contributed by atoms with van der Waals surface area (Å²) in [6, 6.07) is 0.349. The van der Waals surface area contributed by atoms with Crippen molar-refractivity contribution in [3.63, 3.8) is 0 Å². The maximum absolute atomic E-state index is 14.5. The van der Waals surface area contributed by atoms with Crippen molar-refractivity contribution < 1.29 is 62.6 Å². The number of halogens is 1. The van der Waals surface area contributed by atoms with Gasteiger partial charge in [0.25, 0.3) is 0 Å². The SMILES string of the molecule is CC[C@H](C)[C@H](NC(=O)[C@H](Cc1ccc(OC)cc1)NC(=O)CC1(SCCC(N)=O)CCCCC1)C(=O)N[C@H](C(=O)N[C@@H](CC(N)=O)C(=O)N[C@@H](CS)C(=O)N1CCC[C@H]1C(=O)N[C@@H](CCCN)C(=O)N[C@@H](Cc1ccc(N=[N+]=[N-])c([125I])c1)C(N)=O)[C@@H](C)O. The first-order valence-electron chi connectivity index (χ1n) is 29.2. The summed E-state index contributed by atoms with van der Waals surface area (Å²) in [4.78, 5) is 154. The second-order valence-electron chi connectivity index (χ2n) is 22.1. The predicted molar refractivity (Wildman–Crippen MR) is 340 cm³/mol. The van der Waals surface area contributed by atoms with Crippen molar-refractivity contribution in [3.8, 4) is 5.75 Å². The lowest BCUT2D eigenvalue weighted by Crippen LogP contribution is -2.63. The Morgan fingerprint density at radius 2 is 1.39 bits per heavy atom. The fourth-order valence-electron chi connectivity index (χ4n) is 10.3. The van der Waals surface area contributed by atoms with E-state index in [-0.39, 0.29) is 63.8 Å². The van der Waals surface area contributed by atoms with Gasteiger partial charge >= 0.3 is 0 Å². The monoisotopic (exact) mass is 1380 g/mol. The van der Waals surface area contributed by atoms with Crippen molar-refractivity contribution >= 4 is 118 Å². The smallest absolute Gasteiger partial charge is 0.246 e. The molecule has 1 aliphatic carbocycles. The first kappa shape index (κ1) is 73.5. The minimum absolute atomic E-state index is 0.00672. The van der Waals surface area contributed by atoms with Crippen LogP contribution >= 0.6 is 47.0 Å². The number of primary amides is 3. The fraction of sp³-hybridized carbons (Fsp3) is 0.596. The number of carbonyl (C=O) groups is 11. The van der Waals surface area contributed by atoms with E-state index in [1.54, 1.807) is 56.3 Å². The maximum atomic E-state index is 14.5. The Hall–Kier alpha value is -6.93. The van der Waals surface area contributed by atoms with Crippen LogP contribution in [0.15, 0.2) is 47.6 Å². The lowest BCUT2D eigenvalue weighted by molar-refractivity contribution is -0.142. The van der Waals surface area contributed by atoms with Crippen LogP contribution in [0.3, 0.4) is 0 Å². The van der Waals surface area contributed by atoms with Gasteiger partial charge in [-0.1, -0.05) is 68.9 Å². The van der Waals surface area contributed by atoms with Gasteiger partial charge in [0.15, 0.2) is 0 Å². The highest BCUT2D eigenvalue weighted by Gasteiger charge is 2.42. The van der Waals surface area contributed by atoms with E-state index in [0.717, 1.165) is 19.3 Å². The Bertz CT molecular complexity index is 2840. The van der Waals surface area contributed by atoms with Gasteiger partial charge in [0.1, 0.15) is 54.1 Å². The highest BCUT2D eigenvalue weighted by Crippen LogP contribution is 2.43. The van der Waals surface area contributed by atoms with E-state index in [1.807, 2.05) is 22.6 Å². The number of likely N-dealkylation sites (tertiary alicyclic amines) is 1. The third-order valence-electron chi connectivity index (χ3n) is 15.4. The lowest BCUT2D eigenvalue weighted by Gasteiger charge is -2.37. The summed E-state index contributed by atoms with van der Waals surface area (Å²) in [7, 11) is 1.50. The van der Waals surface area contributed by atoms with Crippen LogP contribution < -0.4 is 64.9 Å². The van der Waals surface area contributed by atoms with Crippen LogP contribution in [0.4, 0.5) is 5.69 Å². The minimum Gasteiger partial charge on any atom is -0.497 e. The van der Waals surface area contributed by atoms with E-state index >= 15 is 0 Å². The second-order valence-corrected chi connectivity index (χ2v) is 25.1. The number of aliphatic hydroxyl groups excluding tert-OH is 1. The molecule has 4 rings (SSSR count). The molecule has 2 fully saturated rings. The zero-order chi connectivity index (χ0) is 65.3. The van der Waals surface area contributed by atoms with Crippen molar-refractivity contribution in [3.05, 3.63) is 67.6 Å². The molecule has 2 aromatic rings. The van der Waals surface area contributed by atoms with Gasteiger partial charge in [0, 0.05) is 57.0 Å². The molecule has 2 aromatic carbocycles. The molecule has 2 aliphatic rings. The molecule has 28 nitrogen and oxygen atoms in total. The average molecular weight is 1380 g/mol. The first-order valence-corrected chi connectivity index (χ1v) is 31.9. The summed E-state index contributed by atoms with van der Waals surface area (Å²) in [5.41, 5.74) is 32.8. The van der Waals surface area contributed by atoms with Crippen LogP contribution in [0.25, 0.3) is 10.4 Å². The number of nitrogens with one attached hydrogen (secondary N) is 7. The molecule has 16 N–H and O–H groups in total. The van der Waals surface area contributed by atoms with Crippen molar-refractivity contribution in [2.24, 2.45) is 34.0 Å². The number of benzene rings is 2. The molecule has 1 aliphatic heterocycles. The van der Waals surface area contributed by atoms with Crippen LogP contribution in [-0.4, -0.2) is 166 Å². The number of thiol groups is 1. The number of carbonyl (C=O) groups excluding carboxylic acids is 11. The van der Waals surface area contributed by atoms with Crippen LogP contribution in [0.5, 0.6) is 5.75 Å². The zero-order valence-electron chi connectivity index (χ0n) is 49.9. The molecule has 1 saturated carbocycles. The van der Waals surface area contributed by atoms with Crippen LogP contribution in [-0.2, 0) is 65.6 Å². The van der Waals surface area contributed by atoms with E-state index in [0.29, 0.717) is 57.6 Å². The summed E-state index contributed by atoms with van der Waals surface area (Å²) >= 11 is 7.77. The lowest BCUT2D eigenvalue weighted by atomic mass is 9.85. The topological polar surface area (TPSA) is 458 Å². The molecule has 11 amide bonds. The third kappa shape index (κ3) is 22.9. The number of ether oxygens (including phenoxy) is 1. The van der Waals surface area contributed by atoms with Crippen molar-refractivity contribution in [1.82, 2.24) is 42.1 Å². The summed E-state index contributed by atoms with van der Waals surface area (Å²) in [6.07, 6.45) is 2.92. The Morgan fingerprint density at radius 1 is 0.784 bits per heavy atom. The zero-order valence-corrected chi connectivity index (χ0v) is 53.8. The Balaban J connectivity index is 1.49. The first-order chi connectivity index (χ1) is 41.8. The predicted octanol–water partition coefficient (Wildman–Crippen LogP) is 0.569. The number of amides is 11. The summed E-state index contributed by atoms with van der Waals surface area (Å²) in [5.74, 6) is -9.01.